The maximum atomic E-state index is 13.8. The molecule has 0 aromatic heterocycles. The molecule has 40 heavy (non-hydrogen) atoms. The molecule has 1 unspecified atom stereocenters. The van der Waals surface area contributed by atoms with E-state index in [1.165, 1.54) is 33.1 Å². The topological polar surface area (TPSA) is 49.9 Å². The summed E-state index contributed by atoms with van der Waals surface area (Å²) in [7, 11) is -2.71. The number of fused-ring (bicyclic) bond motifs is 1. The van der Waals surface area contributed by atoms with E-state index in [0.29, 0.717) is 13.0 Å². The van der Waals surface area contributed by atoms with E-state index in [-0.39, 0.29) is 31.1 Å². The van der Waals surface area contributed by atoms with E-state index in [1.54, 1.807) is 7.11 Å². The number of hydrogen-bond donors (Lipinski definition) is 0. The molecule has 0 saturated carbocycles. The molecule has 5 rings (SSSR count). The van der Waals surface area contributed by atoms with Gasteiger partial charge in [0.2, 0.25) is 10.0 Å². The van der Waals surface area contributed by atoms with Gasteiger partial charge in [0.25, 0.3) is 0 Å². The van der Waals surface area contributed by atoms with Gasteiger partial charge >= 0.3 is 6.18 Å². The molecule has 2 aliphatic rings. The van der Waals surface area contributed by atoms with Crippen molar-refractivity contribution >= 4 is 10.0 Å². The molecule has 2 saturated heterocycles. The summed E-state index contributed by atoms with van der Waals surface area (Å²) in [5.74, 6) is -0.0127. The Bertz CT molecular complexity index is 1460. The van der Waals surface area contributed by atoms with Gasteiger partial charge in [-0.15, -0.1) is 0 Å². The number of sulfonamides is 1. The van der Waals surface area contributed by atoms with Gasteiger partial charge in [-0.1, -0.05) is 54.6 Å². The first-order valence-electron chi connectivity index (χ1n) is 13.6. The van der Waals surface area contributed by atoms with Crippen molar-refractivity contribution in [3.8, 4) is 11.1 Å². The van der Waals surface area contributed by atoms with Crippen molar-refractivity contribution in [1.82, 2.24) is 9.21 Å². The third kappa shape index (κ3) is 5.32. The number of ether oxygens (including phenoxy) is 1. The van der Waals surface area contributed by atoms with Crippen LogP contribution in [0.1, 0.15) is 41.0 Å². The molecule has 9 heteroatoms. The molecule has 2 aliphatic heterocycles. The van der Waals surface area contributed by atoms with Crippen LogP contribution in [0.3, 0.4) is 0 Å². The van der Waals surface area contributed by atoms with Gasteiger partial charge in [-0.2, -0.15) is 17.5 Å². The second-order valence-corrected chi connectivity index (χ2v) is 12.7. The molecule has 3 aromatic rings. The summed E-state index contributed by atoms with van der Waals surface area (Å²) in [6.07, 6.45) is -3.44. The maximum Gasteiger partial charge on any atom is 0.417 e. The van der Waals surface area contributed by atoms with Crippen molar-refractivity contribution in [1.29, 1.82) is 0 Å². The number of rotatable bonds is 6. The van der Waals surface area contributed by atoms with Crippen molar-refractivity contribution in [2.75, 3.05) is 33.4 Å². The van der Waals surface area contributed by atoms with E-state index in [9.17, 15) is 21.6 Å². The SMILES string of the molecule is COCC1[C@@H](c2ccc(-c3cccc(C)c3C)cc2)[C@@H]2CN(S(=O)(=O)c3ccccc3C(F)(F)F)CCCCN12. The molecule has 5 nitrogen and oxygen atoms in total. The number of benzene rings is 3. The highest BCUT2D eigenvalue weighted by Gasteiger charge is 2.51. The first kappa shape index (κ1) is 28.8. The molecule has 0 aliphatic carbocycles. The number of hydrogen-bond acceptors (Lipinski definition) is 4. The zero-order chi connectivity index (χ0) is 28.7. The smallest absolute Gasteiger partial charge is 0.383 e. The number of nitrogens with zero attached hydrogens (tertiary/aromatic N) is 2. The Hall–Kier alpha value is -2.72. The number of alkyl halides is 3. The summed E-state index contributed by atoms with van der Waals surface area (Å²) in [6.45, 7) is 5.79. The minimum atomic E-state index is -4.77. The zero-order valence-electron chi connectivity index (χ0n) is 23.0. The van der Waals surface area contributed by atoms with E-state index in [1.807, 2.05) is 6.07 Å². The zero-order valence-corrected chi connectivity index (χ0v) is 23.8. The third-order valence-corrected chi connectivity index (χ3v) is 10.4. The largest absolute Gasteiger partial charge is 0.417 e. The predicted molar refractivity (Wildman–Crippen MR) is 150 cm³/mol. The fourth-order valence-electron chi connectivity index (χ4n) is 6.29. The molecule has 2 fully saturated rings. The molecule has 0 N–H and O–H groups in total. The van der Waals surface area contributed by atoms with Crippen molar-refractivity contribution in [2.45, 2.75) is 55.8 Å². The summed E-state index contributed by atoms with van der Waals surface area (Å²) < 4.78 is 75.5. The summed E-state index contributed by atoms with van der Waals surface area (Å²) in [5.41, 5.74) is 4.67. The molecule has 2 heterocycles. The van der Waals surface area contributed by atoms with Gasteiger partial charge in [0.1, 0.15) is 0 Å². The highest BCUT2D eigenvalue weighted by atomic mass is 32.2. The molecule has 0 radical (unpaired) electrons. The fraction of sp³-hybridized carbons (Fsp3) is 0.419. The van der Waals surface area contributed by atoms with Gasteiger partial charge < -0.3 is 4.74 Å². The van der Waals surface area contributed by atoms with Crippen LogP contribution in [0.4, 0.5) is 13.2 Å². The molecule has 0 spiro atoms. The minimum absolute atomic E-state index is 0.0127. The van der Waals surface area contributed by atoms with Crippen LogP contribution in [0.15, 0.2) is 71.6 Å². The van der Waals surface area contributed by atoms with E-state index in [0.717, 1.165) is 36.2 Å². The van der Waals surface area contributed by atoms with Crippen LogP contribution < -0.4 is 0 Å². The van der Waals surface area contributed by atoms with Crippen molar-refractivity contribution < 1.29 is 26.3 Å². The Morgan fingerprint density at radius 2 is 1.62 bits per heavy atom. The third-order valence-electron chi connectivity index (χ3n) is 8.50. The standard InChI is InChI=1S/C31H35F3N2O3S/c1-21-9-8-10-25(22(21)2)23-13-15-24(16-14-23)30-27-19-35(17-6-7-18-36(27)28(30)20-39-3)40(37,38)29-12-5-4-11-26(29)31(32,33)34/h4-5,8-16,27-28,30H,6-7,17-20H2,1-3H3/t27-,28?,30-/m0/s1. The van der Waals surface area contributed by atoms with Crippen molar-refractivity contribution in [3.05, 3.63) is 89.0 Å². The first-order valence-corrected chi connectivity index (χ1v) is 15.1. The van der Waals surface area contributed by atoms with Gasteiger partial charge in [0, 0.05) is 38.2 Å². The van der Waals surface area contributed by atoms with E-state index in [2.05, 4.69) is 55.1 Å². The van der Waals surface area contributed by atoms with Gasteiger partial charge in [-0.25, -0.2) is 8.42 Å². The molecule has 0 bridgehead atoms. The lowest BCUT2D eigenvalue weighted by atomic mass is 9.74. The normalized spacial score (nSPS) is 22.7. The average molecular weight is 573 g/mol. The lowest BCUT2D eigenvalue weighted by Crippen LogP contribution is -2.68. The summed E-state index contributed by atoms with van der Waals surface area (Å²) in [6, 6.07) is 19.0. The molecule has 0 amide bonds. The maximum absolute atomic E-state index is 13.8. The summed E-state index contributed by atoms with van der Waals surface area (Å²) in [5, 5.41) is 0. The van der Waals surface area contributed by atoms with Crippen molar-refractivity contribution in [3.63, 3.8) is 0 Å². The molecular weight excluding hydrogens is 537 g/mol. The van der Waals surface area contributed by atoms with Gasteiger partial charge in [-0.05, 0) is 73.2 Å². The minimum Gasteiger partial charge on any atom is -0.383 e. The second-order valence-electron chi connectivity index (χ2n) is 10.8. The van der Waals surface area contributed by atoms with Crippen LogP contribution >= 0.6 is 0 Å². The quantitative estimate of drug-likeness (QED) is 0.350. The Kier molecular flexibility index (Phi) is 8.12. The monoisotopic (exact) mass is 572 g/mol. The van der Waals surface area contributed by atoms with Gasteiger partial charge in [0.15, 0.2) is 0 Å². The average Bonchev–Trinajstić information content (AvgIpc) is 2.91. The predicted octanol–water partition coefficient (Wildman–Crippen LogP) is 6.26. The van der Waals surface area contributed by atoms with Crippen molar-refractivity contribution in [2.24, 2.45) is 0 Å². The van der Waals surface area contributed by atoms with Crippen LogP contribution in [-0.2, 0) is 20.9 Å². The number of aryl methyl sites for hydroxylation is 1. The van der Waals surface area contributed by atoms with Crippen LogP contribution in [0.5, 0.6) is 0 Å². The molecule has 3 aromatic carbocycles. The molecule has 214 valence electrons. The second kappa shape index (κ2) is 11.3. The highest BCUT2D eigenvalue weighted by Crippen LogP contribution is 2.44. The van der Waals surface area contributed by atoms with Gasteiger partial charge in [-0.3, -0.25) is 4.90 Å². The Morgan fingerprint density at radius 3 is 2.33 bits per heavy atom. The van der Waals surface area contributed by atoms with E-state index >= 15 is 0 Å². The van der Waals surface area contributed by atoms with Crippen LogP contribution in [-0.4, -0.2) is 63.1 Å². The fourth-order valence-corrected chi connectivity index (χ4v) is 8.00. The Morgan fingerprint density at radius 1 is 0.925 bits per heavy atom. The summed E-state index contributed by atoms with van der Waals surface area (Å²) >= 11 is 0. The lowest BCUT2D eigenvalue weighted by molar-refractivity contribution is -0.139. The number of halogens is 3. The van der Waals surface area contributed by atoms with Crippen LogP contribution in [0.2, 0.25) is 0 Å². The Balaban J connectivity index is 1.47. The van der Waals surface area contributed by atoms with Crippen LogP contribution in [0.25, 0.3) is 11.1 Å². The van der Waals surface area contributed by atoms with Gasteiger partial charge in [0.05, 0.1) is 17.1 Å². The highest BCUT2D eigenvalue weighted by molar-refractivity contribution is 7.89. The molecular formula is C31H35F3N2O3S. The summed E-state index contributed by atoms with van der Waals surface area (Å²) in [4.78, 5) is 1.58. The molecule has 3 atom stereocenters. The van der Waals surface area contributed by atoms with Crippen LogP contribution in [0, 0.1) is 13.8 Å². The first-order chi connectivity index (χ1) is 19.0. The lowest BCUT2D eigenvalue weighted by Gasteiger charge is -2.57. The van der Waals surface area contributed by atoms with E-state index in [4.69, 9.17) is 4.74 Å². The number of methoxy groups -OCH3 is 1. The Labute approximate surface area is 234 Å². The van der Waals surface area contributed by atoms with E-state index < -0.39 is 26.7 Å².